The van der Waals surface area contributed by atoms with Gasteiger partial charge in [0.05, 0.1) is 5.02 Å². The van der Waals surface area contributed by atoms with Crippen LogP contribution in [0.2, 0.25) is 5.02 Å². The molecule has 0 aliphatic heterocycles. The predicted molar refractivity (Wildman–Crippen MR) is 114 cm³/mol. The zero-order chi connectivity index (χ0) is 20.8. The molecule has 0 N–H and O–H groups in total. The van der Waals surface area contributed by atoms with Crippen LogP contribution in [0.1, 0.15) is 32.3 Å². The van der Waals surface area contributed by atoms with E-state index in [4.69, 9.17) is 25.8 Å². The molecule has 6 heteroatoms. The molecule has 3 aromatic rings. The molecule has 152 valence electrons. The van der Waals surface area contributed by atoms with E-state index in [9.17, 15) is 4.79 Å². The van der Waals surface area contributed by atoms with Gasteiger partial charge in [0.25, 0.3) is 0 Å². The van der Waals surface area contributed by atoms with E-state index in [2.05, 4.69) is 18.8 Å². The molecule has 0 radical (unpaired) electrons. The van der Waals surface area contributed by atoms with Crippen LogP contribution in [0.4, 0.5) is 0 Å². The van der Waals surface area contributed by atoms with Crippen molar-refractivity contribution in [2.24, 2.45) is 0 Å². The zero-order valence-electron chi connectivity index (χ0n) is 16.7. The molecular weight excluding hydrogens is 390 g/mol. The number of esters is 1. The van der Waals surface area contributed by atoms with Gasteiger partial charge in [-0.15, -0.1) is 0 Å². The molecule has 1 heterocycles. The van der Waals surface area contributed by atoms with Crippen LogP contribution in [0.5, 0.6) is 11.5 Å². The molecule has 0 saturated carbocycles. The van der Waals surface area contributed by atoms with Gasteiger partial charge in [0, 0.05) is 11.6 Å². The minimum absolute atomic E-state index is 0.222. The van der Waals surface area contributed by atoms with Crippen LogP contribution < -0.4 is 9.47 Å². The fourth-order valence-electron chi connectivity index (χ4n) is 2.95. The average molecular weight is 414 g/mol. The van der Waals surface area contributed by atoms with E-state index in [0.717, 1.165) is 16.7 Å². The van der Waals surface area contributed by atoms with Crippen LogP contribution in [0.25, 0.3) is 10.9 Å². The second kappa shape index (κ2) is 9.61. The van der Waals surface area contributed by atoms with Crippen molar-refractivity contribution in [3.05, 3.63) is 65.3 Å². The van der Waals surface area contributed by atoms with Gasteiger partial charge in [-0.2, -0.15) is 0 Å². The third kappa shape index (κ3) is 5.39. The molecule has 0 aliphatic rings. The Morgan fingerprint density at radius 2 is 1.79 bits per heavy atom. The van der Waals surface area contributed by atoms with Gasteiger partial charge < -0.3 is 14.2 Å². The van der Waals surface area contributed by atoms with Crippen LogP contribution in [0, 0.1) is 0 Å². The summed E-state index contributed by atoms with van der Waals surface area (Å²) in [6.07, 6.45) is 1.24. The second-order valence-electron chi connectivity index (χ2n) is 7.04. The molecule has 3 rings (SSSR count). The molecule has 1 unspecified atom stereocenters. The number of aromatic nitrogens is 1. The quantitative estimate of drug-likeness (QED) is 0.462. The van der Waals surface area contributed by atoms with Gasteiger partial charge in [-0.1, -0.05) is 43.6 Å². The lowest BCUT2D eigenvalue weighted by atomic mass is 10.0. The highest BCUT2D eigenvalue weighted by Gasteiger charge is 2.14. The molecule has 0 aliphatic carbocycles. The molecule has 0 amide bonds. The first-order valence-corrected chi connectivity index (χ1v) is 9.90. The molecular formula is C23H24ClNO4. The first kappa shape index (κ1) is 20.9. The Balaban J connectivity index is 1.53. The Morgan fingerprint density at radius 3 is 2.59 bits per heavy atom. The van der Waals surface area contributed by atoms with E-state index < -0.39 is 12.1 Å². The number of benzene rings is 2. The van der Waals surface area contributed by atoms with Gasteiger partial charge in [-0.25, -0.2) is 4.79 Å². The van der Waals surface area contributed by atoms with Crippen molar-refractivity contribution in [3.63, 3.8) is 0 Å². The van der Waals surface area contributed by atoms with Crippen LogP contribution in [0.3, 0.4) is 0 Å². The minimum atomic E-state index is -0.475. The summed E-state index contributed by atoms with van der Waals surface area (Å²) in [6, 6.07) is 14.9. The Labute approximate surface area is 175 Å². The van der Waals surface area contributed by atoms with Gasteiger partial charge in [0.2, 0.25) is 0 Å². The number of rotatable bonds is 8. The first-order valence-electron chi connectivity index (χ1n) is 9.53. The lowest BCUT2D eigenvalue weighted by Gasteiger charge is -2.18. The summed E-state index contributed by atoms with van der Waals surface area (Å²) in [5, 5.41) is 1.35. The van der Waals surface area contributed by atoms with E-state index in [1.54, 1.807) is 31.3 Å². The fraction of sp³-hybridized carbons (Fsp3) is 0.304. The van der Waals surface area contributed by atoms with Gasteiger partial charge in [-0.3, -0.25) is 4.98 Å². The third-order valence-corrected chi connectivity index (χ3v) is 4.70. The van der Waals surface area contributed by atoms with Crippen molar-refractivity contribution in [1.29, 1.82) is 0 Å². The Morgan fingerprint density at radius 1 is 1.00 bits per heavy atom. The summed E-state index contributed by atoms with van der Waals surface area (Å²) >= 11 is 6.18. The summed E-state index contributed by atoms with van der Waals surface area (Å²) < 4.78 is 16.9. The highest BCUT2D eigenvalue weighted by atomic mass is 35.5. The number of carbonyl (C=O) groups is 1. The number of nitrogens with zero attached hydrogens (tertiary/aromatic N) is 1. The number of para-hydroxylation sites is 1. The maximum absolute atomic E-state index is 12.2. The lowest BCUT2D eigenvalue weighted by molar-refractivity contribution is -0.151. The van der Waals surface area contributed by atoms with Crippen molar-refractivity contribution in [2.75, 3.05) is 13.2 Å². The standard InChI is InChI=1S/C23H24ClNO4/c1-15(2)17-7-4-5-9-20(17)27-13-16(3)29-22(26)14-28-21-11-10-19(24)18-8-6-12-25-23(18)21/h4-12,15-16H,13-14H2,1-3H3. The molecule has 1 atom stereocenters. The monoisotopic (exact) mass is 413 g/mol. The minimum Gasteiger partial charge on any atom is -0.489 e. The van der Waals surface area contributed by atoms with Crippen molar-refractivity contribution in [3.8, 4) is 11.5 Å². The van der Waals surface area contributed by atoms with E-state index in [-0.39, 0.29) is 13.2 Å². The number of hydrogen-bond acceptors (Lipinski definition) is 5. The van der Waals surface area contributed by atoms with E-state index in [0.29, 0.717) is 22.2 Å². The van der Waals surface area contributed by atoms with E-state index >= 15 is 0 Å². The zero-order valence-corrected chi connectivity index (χ0v) is 17.5. The van der Waals surface area contributed by atoms with Gasteiger partial charge in [-0.05, 0) is 48.7 Å². The summed E-state index contributed by atoms with van der Waals surface area (Å²) in [4.78, 5) is 16.5. The highest BCUT2D eigenvalue weighted by molar-refractivity contribution is 6.35. The van der Waals surface area contributed by atoms with Crippen LogP contribution in [-0.2, 0) is 9.53 Å². The largest absolute Gasteiger partial charge is 0.489 e. The first-order chi connectivity index (χ1) is 14.0. The summed E-state index contributed by atoms with van der Waals surface area (Å²) in [5.41, 5.74) is 1.73. The van der Waals surface area contributed by atoms with E-state index in [1.165, 1.54) is 0 Å². The number of ether oxygens (including phenoxy) is 3. The predicted octanol–water partition coefficient (Wildman–Crippen LogP) is 5.40. The van der Waals surface area contributed by atoms with Crippen molar-refractivity contribution < 1.29 is 19.0 Å². The molecule has 29 heavy (non-hydrogen) atoms. The molecule has 0 spiro atoms. The second-order valence-corrected chi connectivity index (χ2v) is 7.44. The normalized spacial score (nSPS) is 12.0. The highest BCUT2D eigenvalue weighted by Crippen LogP contribution is 2.29. The average Bonchev–Trinajstić information content (AvgIpc) is 2.72. The molecule has 2 aromatic carbocycles. The number of fused-ring (bicyclic) bond motifs is 1. The Kier molecular flexibility index (Phi) is 6.94. The van der Waals surface area contributed by atoms with Gasteiger partial charge >= 0.3 is 5.97 Å². The van der Waals surface area contributed by atoms with E-state index in [1.807, 2.05) is 30.3 Å². The molecule has 0 fully saturated rings. The molecule has 0 saturated heterocycles. The van der Waals surface area contributed by atoms with Crippen molar-refractivity contribution >= 4 is 28.5 Å². The van der Waals surface area contributed by atoms with Gasteiger partial charge in [0.15, 0.2) is 6.61 Å². The maximum atomic E-state index is 12.2. The Hall–Kier alpha value is -2.79. The molecule has 0 bridgehead atoms. The number of carbonyl (C=O) groups excluding carboxylic acids is 1. The van der Waals surface area contributed by atoms with Crippen molar-refractivity contribution in [2.45, 2.75) is 32.8 Å². The fourth-order valence-corrected chi connectivity index (χ4v) is 3.17. The number of halogens is 1. The number of pyridine rings is 1. The summed E-state index contributed by atoms with van der Waals surface area (Å²) in [6.45, 7) is 6.05. The van der Waals surface area contributed by atoms with Crippen LogP contribution in [0.15, 0.2) is 54.7 Å². The number of hydrogen-bond donors (Lipinski definition) is 0. The summed E-state index contributed by atoms with van der Waals surface area (Å²) in [5.74, 6) is 1.16. The molecule has 5 nitrogen and oxygen atoms in total. The maximum Gasteiger partial charge on any atom is 0.344 e. The third-order valence-electron chi connectivity index (χ3n) is 4.37. The SMILES string of the molecule is CC(COc1ccccc1C(C)C)OC(=O)COc1ccc(Cl)c2cccnc12. The Bertz CT molecular complexity index is 990. The smallest absolute Gasteiger partial charge is 0.344 e. The van der Waals surface area contributed by atoms with Gasteiger partial charge in [0.1, 0.15) is 29.7 Å². The van der Waals surface area contributed by atoms with Crippen LogP contribution >= 0.6 is 11.6 Å². The topological polar surface area (TPSA) is 57.7 Å². The lowest BCUT2D eigenvalue weighted by Crippen LogP contribution is -2.25. The van der Waals surface area contributed by atoms with Crippen LogP contribution in [-0.4, -0.2) is 30.3 Å². The summed E-state index contributed by atoms with van der Waals surface area (Å²) in [7, 11) is 0. The van der Waals surface area contributed by atoms with Crippen molar-refractivity contribution in [1.82, 2.24) is 4.98 Å². The molecule has 1 aromatic heterocycles.